The van der Waals surface area contributed by atoms with E-state index in [9.17, 15) is 8.78 Å². The lowest BCUT2D eigenvalue weighted by Gasteiger charge is -2.44. The average molecular weight is 297 g/mol. The van der Waals surface area contributed by atoms with Crippen LogP contribution in [0.15, 0.2) is 24.3 Å². The molecule has 3 rings (SSSR count). The van der Waals surface area contributed by atoms with Gasteiger partial charge in [-0.15, -0.1) is 0 Å². The summed E-state index contributed by atoms with van der Waals surface area (Å²) in [7, 11) is 0. The molecule has 0 bridgehead atoms. The monoisotopic (exact) mass is 297 g/mol. The smallest absolute Gasteiger partial charge is 0.387 e. The van der Waals surface area contributed by atoms with Crippen molar-refractivity contribution in [3.8, 4) is 5.75 Å². The maximum Gasteiger partial charge on any atom is 0.387 e. The minimum absolute atomic E-state index is 0.284. The van der Waals surface area contributed by atoms with Gasteiger partial charge in [0.1, 0.15) is 5.75 Å². The maximum atomic E-state index is 12.5. The Morgan fingerprint density at radius 2 is 2.05 bits per heavy atom. The summed E-state index contributed by atoms with van der Waals surface area (Å²) in [6.45, 7) is -0.560. The first kappa shape index (κ1) is 14.7. The van der Waals surface area contributed by atoms with Crippen molar-refractivity contribution in [1.29, 1.82) is 0 Å². The molecule has 21 heavy (non-hydrogen) atoms. The minimum atomic E-state index is -2.78. The second-order valence-corrected chi connectivity index (χ2v) is 5.72. The van der Waals surface area contributed by atoms with Gasteiger partial charge in [-0.2, -0.15) is 8.78 Å². The number of benzene rings is 1. The van der Waals surface area contributed by atoms with Crippen LogP contribution in [0.1, 0.15) is 31.2 Å². The molecule has 0 aromatic heterocycles. The predicted molar refractivity (Wildman–Crippen MR) is 75.5 cm³/mol. The molecule has 116 valence electrons. The summed E-state index contributed by atoms with van der Waals surface area (Å²) in [5.41, 5.74) is 0.823. The fourth-order valence-electron chi connectivity index (χ4n) is 3.44. The van der Waals surface area contributed by atoms with Crippen molar-refractivity contribution in [1.82, 2.24) is 4.90 Å². The molecule has 1 saturated heterocycles. The Balaban J connectivity index is 1.73. The third-order valence-electron chi connectivity index (χ3n) is 4.41. The van der Waals surface area contributed by atoms with Crippen LogP contribution in [0, 0.1) is 0 Å². The van der Waals surface area contributed by atoms with Crippen molar-refractivity contribution in [2.75, 3.05) is 13.2 Å². The highest BCUT2D eigenvalue weighted by Gasteiger charge is 2.34. The Kier molecular flexibility index (Phi) is 4.70. The van der Waals surface area contributed by atoms with Gasteiger partial charge in [0.15, 0.2) is 0 Å². The van der Waals surface area contributed by atoms with Crippen LogP contribution in [0.2, 0.25) is 0 Å². The molecular weight excluding hydrogens is 276 g/mol. The van der Waals surface area contributed by atoms with Crippen LogP contribution in [0.4, 0.5) is 8.78 Å². The van der Waals surface area contributed by atoms with Crippen LogP contribution < -0.4 is 4.74 Å². The second kappa shape index (κ2) is 6.71. The fraction of sp³-hybridized carbons (Fsp3) is 0.625. The first-order valence-electron chi connectivity index (χ1n) is 7.62. The third kappa shape index (κ3) is 3.52. The zero-order chi connectivity index (χ0) is 14.7. The third-order valence-corrected chi connectivity index (χ3v) is 4.41. The van der Waals surface area contributed by atoms with E-state index in [1.165, 1.54) is 12.8 Å². The summed E-state index contributed by atoms with van der Waals surface area (Å²) < 4.78 is 35.5. The summed E-state index contributed by atoms with van der Waals surface area (Å²) in [5, 5.41) is 0. The molecule has 1 aliphatic heterocycles. The molecule has 1 aromatic carbocycles. The fourth-order valence-corrected chi connectivity index (χ4v) is 3.44. The number of hydrogen-bond donors (Lipinski definition) is 0. The largest absolute Gasteiger partial charge is 0.434 e. The van der Waals surface area contributed by atoms with Gasteiger partial charge in [0.05, 0.1) is 12.7 Å². The van der Waals surface area contributed by atoms with Crippen LogP contribution >= 0.6 is 0 Å². The van der Waals surface area contributed by atoms with Gasteiger partial charge in [0, 0.05) is 24.7 Å². The molecule has 2 atom stereocenters. The Morgan fingerprint density at radius 1 is 1.24 bits per heavy atom. The lowest BCUT2D eigenvalue weighted by molar-refractivity contribution is -0.0921. The zero-order valence-corrected chi connectivity index (χ0v) is 12.0. The van der Waals surface area contributed by atoms with E-state index in [0.717, 1.165) is 31.6 Å². The quantitative estimate of drug-likeness (QED) is 0.850. The number of alkyl halides is 2. The highest BCUT2D eigenvalue weighted by molar-refractivity contribution is 5.33. The molecule has 3 nitrogen and oxygen atoms in total. The van der Waals surface area contributed by atoms with Crippen LogP contribution in [-0.2, 0) is 11.3 Å². The van der Waals surface area contributed by atoms with E-state index in [0.29, 0.717) is 18.7 Å². The van der Waals surface area contributed by atoms with Gasteiger partial charge in [-0.1, -0.05) is 31.0 Å². The Hall–Kier alpha value is -1.20. The van der Waals surface area contributed by atoms with E-state index >= 15 is 0 Å². The number of nitrogens with zero attached hydrogens (tertiary/aromatic N) is 1. The molecule has 0 N–H and O–H groups in total. The molecule has 0 amide bonds. The average Bonchev–Trinajstić information content (AvgIpc) is 2.49. The number of morpholine rings is 1. The van der Waals surface area contributed by atoms with E-state index in [1.807, 2.05) is 12.1 Å². The molecule has 1 aliphatic carbocycles. The Bertz CT molecular complexity index is 467. The molecule has 2 aliphatic rings. The molecule has 2 fully saturated rings. The van der Waals surface area contributed by atoms with E-state index < -0.39 is 6.61 Å². The maximum absolute atomic E-state index is 12.5. The molecular formula is C16H21F2NO2. The topological polar surface area (TPSA) is 21.7 Å². The second-order valence-electron chi connectivity index (χ2n) is 5.72. The number of fused-ring (bicyclic) bond motifs is 1. The summed E-state index contributed by atoms with van der Waals surface area (Å²) in [6.07, 6.45) is 4.98. The lowest BCUT2D eigenvalue weighted by Crippen LogP contribution is -2.52. The summed E-state index contributed by atoms with van der Waals surface area (Å²) in [4.78, 5) is 2.36. The number of halogens is 2. The molecule has 0 radical (unpaired) electrons. The number of hydrogen-bond acceptors (Lipinski definition) is 3. The van der Waals surface area contributed by atoms with E-state index in [1.54, 1.807) is 12.1 Å². The number of ether oxygens (including phenoxy) is 2. The molecule has 1 saturated carbocycles. The van der Waals surface area contributed by atoms with Crippen molar-refractivity contribution in [2.24, 2.45) is 0 Å². The highest BCUT2D eigenvalue weighted by atomic mass is 19.3. The molecule has 1 heterocycles. The summed E-state index contributed by atoms with van der Waals surface area (Å²) >= 11 is 0. The first-order valence-corrected chi connectivity index (χ1v) is 7.62. The van der Waals surface area contributed by atoms with Gasteiger partial charge in [-0.05, 0) is 18.9 Å². The highest BCUT2D eigenvalue weighted by Crippen LogP contribution is 2.31. The minimum Gasteiger partial charge on any atom is -0.434 e. The first-order chi connectivity index (χ1) is 10.2. The van der Waals surface area contributed by atoms with E-state index in [-0.39, 0.29) is 5.75 Å². The standard InChI is InChI=1S/C16H21F2NO2/c17-16(18)21-14-7-3-1-5-12(14)11-19-9-10-20-15-8-4-2-6-13(15)19/h1,3,5,7,13,15-16H,2,4,6,8-11H2/t13-,15-/m0/s1. The molecule has 0 spiro atoms. The molecule has 5 heteroatoms. The van der Waals surface area contributed by atoms with Gasteiger partial charge in [-0.25, -0.2) is 0 Å². The van der Waals surface area contributed by atoms with Crippen LogP contribution in [0.5, 0.6) is 5.75 Å². The van der Waals surface area contributed by atoms with Crippen LogP contribution in [0.25, 0.3) is 0 Å². The zero-order valence-electron chi connectivity index (χ0n) is 12.0. The number of rotatable bonds is 4. The van der Waals surface area contributed by atoms with Crippen molar-refractivity contribution in [3.05, 3.63) is 29.8 Å². The normalized spacial score (nSPS) is 26.6. The lowest BCUT2D eigenvalue weighted by atomic mass is 9.90. The predicted octanol–water partition coefficient (Wildman–Crippen LogP) is 3.43. The van der Waals surface area contributed by atoms with Gasteiger partial charge < -0.3 is 9.47 Å². The SMILES string of the molecule is FC(F)Oc1ccccc1CN1CCO[C@H]2CCCC[C@@H]21. The molecule has 1 aromatic rings. The van der Waals surface area contributed by atoms with Crippen LogP contribution in [0.3, 0.4) is 0 Å². The van der Waals surface area contributed by atoms with Crippen molar-refractivity contribution in [3.63, 3.8) is 0 Å². The summed E-state index contributed by atoms with van der Waals surface area (Å²) in [6, 6.07) is 7.48. The Labute approximate surface area is 123 Å². The van der Waals surface area contributed by atoms with E-state index in [4.69, 9.17) is 4.74 Å². The van der Waals surface area contributed by atoms with Gasteiger partial charge in [0.25, 0.3) is 0 Å². The van der Waals surface area contributed by atoms with Crippen molar-refractivity contribution < 1.29 is 18.3 Å². The van der Waals surface area contributed by atoms with Gasteiger partial charge in [0.2, 0.25) is 0 Å². The van der Waals surface area contributed by atoms with Crippen LogP contribution in [-0.4, -0.2) is 36.8 Å². The number of para-hydroxylation sites is 1. The van der Waals surface area contributed by atoms with Gasteiger partial charge >= 0.3 is 6.61 Å². The van der Waals surface area contributed by atoms with Gasteiger partial charge in [-0.3, -0.25) is 4.90 Å². The summed E-state index contributed by atoms with van der Waals surface area (Å²) in [5.74, 6) is 0.284. The molecule has 0 unspecified atom stereocenters. The van der Waals surface area contributed by atoms with Crippen molar-refractivity contribution >= 4 is 0 Å². The van der Waals surface area contributed by atoms with Crippen molar-refractivity contribution in [2.45, 2.75) is 51.0 Å². The Morgan fingerprint density at radius 3 is 2.90 bits per heavy atom. The van der Waals surface area contributed by atoms with E-state index in [2.05, 4.69) is 9.64 Å².